The van der Waals surface area contributed by atoms with E-state index in [-0.39, 0.29) is 11.7 Å². The highest BCUT2D eigenvalue weighted by Gasteiger charge is 2.11. The molecule has 0 aliphatic carbocycles. The normalized spacial score (nSPS) is 10.4. The number of hydrogen-bond acceptors (Lipinski definition) is 5. The van der Waals surface area contributed by atoms with Gasteiger partial charge in [-0.3, -0.25) is 4.79 Å². The molecule has 23 heavy (non-hydrogen) atoms. The zero-order valence-corrected chi connectivity index (χ0v) is 13.2. The number of carbonyl (C=O) groups excluding carboxylic acids is 1. The third kappa shape index (κ3) is 3.35. The second-order valence-electron chi connectivity index (χ2n) is 4.94. The number of carbonyl (C=O) groups is 1. The Morgan fingerprint density at radius 3 is 2.96 bits per heavy atom. The van der Waals surface area contributed by atoms with Gasteiger partial charge in [-0.15, -0.1) is 0 Å². The van der Waals surface area contributed by atoms with Crippen LogP contribution in [0.3, 0.4) is 0 Å². The number of nitrogens with zero attached hydrogens (tertiary/aromatic N) is 2. The van der Waals surface area contributed by atoms with Gasteiger partial charge in [-0.25, -0.2) is 4.98 Å². The molecule has 2 aromatic carbocycles. The highest BCUT2D eigenvalue weighted by Crippen LogP contribution is 2.28. The first-order valence-corrected chi connectivity index (χ1v) is 7.93. The molecule has 0 saturated carbocycles. The number of fused-ring (bicyclic) bond motifs is 1. The van der Waals surface area contributed by atoms with Crippen molar-refractivity contribution in [3.63, 3.8) is 0 Å². The molecule has 1 N–H and O–H groups in total. The zero-order chi connectivity index (χ0) is 16.2. The SMILES string of the molecule is Cc1ccccc1-c1nc2ccc(NC(=O)CSC#N)cc2o1. The number of hydrogen-bond donors (Lipinski definition) is 1. The van der Waals surface area contributed by atoms with E-state index in [0.717, 1.165) is 28.4 Å². The molecule has 6 heteroatoms. The van der Waals surface area contributed by atoms with Gasteiger partial charge in [-0.05, 0) is 42.4 Å². The van der Waals surface area contributed by atoms with Crippen molar-refractivity contribution in [2.75, 3.05) is 11.1 Å². The number of nitrogens with one attached hydrogen (secondary N) is 1. The molecular formula is C17H13N3O2S. The summed E-state index contributed by atoms with van der Waals surface area (Å²) in [5.41, 5.74) is 3.98. The van der Waals surface area contributed by atoms with Crippen LogP contribution in [0.5, 0.6) is 0 Å². The maximum absolute atomic E-state index is 11.6. The molecule has 0 atom stereocenters. The topological polar surface area (TPSA) is 78.9 Å². The number of aromatic nitrogens is 1. The lowest BCUT2D eigenvalue weighted by Crippen LogP contribution is -2.13. The van der Waals surface area contributed by atoms with Crippen LogP contribution in [-0.2, 0) is 4.79 Å². The molecule has 5 nitrogen and oxygen atoms in total. The Hall–Kier alpha value is -2.78. The Kier molecular flexibility index (Phi) is 4.31. The van der Waals surface area contributed by atoms with Gasteiger partial charge < -0.3 is 9.73 Å². The molecule has 0 aliphatic heterocycles. The highest BCUT2D eigenvalue weighted by molar-refractivity contribution is 8.04. The van der Waals surface area contributed by atoms with E-state index in [4.69, 9.17) is 9.68 Å². The Labute approximate surface area is 137 Å². The van der Waals surface area contributed by atoms with Crippen molar-refractivity contribution < 1.29 is 9.21 Å². The van der Waals surface area contributed by atoms with E-state index < -0.39 is 0 Å². The van der Waals surface area contributed by atoms with Crippen molar-refractivity contribution >= 4 is 34.5 Å². The smallest absolute Gasteiger partial charge is 0.235 e. The highest BCUT2D eigenvalue weighted by atomic mass is 32.2. The Bertz CT molecular complexity index is 912. The van der Waals surface area contributed by atoms with Crippen LogP contribution in [0.1, 0.15) is 5.56 Å². The van der Waals surface area contributed by atoms with E-state index in [0.29, 0.717) is 17.2 Å². The molecule has 114 valence electrons. The Morgan fingerprint density at radius 1 is 1.35 bits per heavy atom. The number of oxazole rings is 1. The van der Waals surface area contributed by atoms with Gasteiger partial charge in [-0.2, -0.15) is 5.26 Å². The Balaban J connectivity index is 1.88. The lowest BCUT2D eigenvalue weighted by molar-refractivity contribution is -0.113. The molecule has 0 fully saturated rings. The maximum atomic E-state index is 11.6. The number of amides is 1. The quantitative estimate of drug-likeness (QED) is 0.735. The summed E-state index contributed by atoms with van der Waals surface area (Å²) in [7, 11) is 0. The van der Waals surface area contributed by atoms with E-state index in [1.807, 2.05) is 36.6 Å². The van der Waals surface area contributed by atoms with E-state index >= 15 is 0 Å². The van der Waals surface area contributed by atoms with Crippen molar-refractivity contribution in [3.8, 4) is 16.9 Å². The second kappa shape index (κ2) is 6.55. The molecular weight excluding hydrogens is 310 g/mol. The standard InChI is InChI=1S/C17H13N3O2S/c1-11-4-2-3-5-13(11)17-20-14-7-6-12(8-15(14)22-17)19-16(21)9-23-10-18/h2-8H,9H2,1H3,(H,19,21). The van der Waals surface area contributed by atoms with E-state index in [2.05, 4.69) is 10.3 Å². The minimum absolute atomic E-state index is 0.0966. The van der Waals surface area contributed by atoms with Crippen LogP contribution in [-0.4, -0.2) is 16.6 Å². The van der Waals surface area contributed by atoms with Gasteiger partial charge in [0.2, 0.25) is 11.8 Å². The molecule has 1 heterocycles. The molecule has 0 unspecified atom stereocenters. The third-order valence-electron chi connectivity index (χ3n) is 3.32. The maximum Gasteiger partial charge on any atom is 0.235 e. The first kappa shape index (κ1) is 15.1. The van der Waals surface area contributed by atoms with Crippen LogP contribution in [0.25, 0.3) is 22.6 Å². The molecule has 0 spiro atoms. The molecule has 0 aliphatic rings. The van der Waals surface area contributed by atoms with E-state index in [1.54, 1.807) is 18.2 Å². The molecule has 0 saturated heterocycles. The minimum Gasteiger partial charge on any atom is -0.436 e. The largest absolute Gasteiger partial charge is 0.436 e. The average molecular weight is 323 g/mol. The van der Waals surface area contributed by atoms with E-state index in [9.17, 15) is 4.79 Å². The fourth-order valence-corrected chi connectivity index (χ4v) is 2.49. The average Bonchev–Trinajstić information content (AvgIpc) is 2.96. The molecule has 0 radical (unpaired) electrons. The van der Waals surface area contributed by atoms with Crippen LogP contribution in [0, 0.1) is 17.6 Å². The summed E-state index contributed by atoms with van der Waals surface area (Å²) in [4.78, 5) is 16.1. The van der Waals surface area contributed by atoms with Gasteiger partial charge in [0.1, 0.15) is 10.9 Å². The van der Waals surface area contributed by atoms with Crippen LogP contribution in [0.2, 0.25) is 0 Å². The van der Waals surface area contributed by atoms with Gasteiger partial charge in [0.05, 0.1) is 5.75 Å². The van der Waals surface area contributed by atoms with Crippen LogP contribution in [0.4, 0.5) is 5.69 Å². The molecule has 1 amide bonds. The van der Waals surface area contributed by atoms with Crippen LogP contribution < -0.4 is 5.32 Å². The lowest BCUT2D eigenvalue weighted by Gasteiger charge is -2.02. The van der Waals surface area contributed by atoms with Gasteiger partial charge in [0.15, 0.2) is 5.58 Å². The molecule has 3 rings (SSSR count). The predicted molar refractivity (Wildman–Crippen MR) is 90.9 cm³/mol. The minimum atomic E-state index is -0.227. The van der Waals surface area contributed by atoms with Crippen LogP contribution >= 0.6 is 11.8 Å². The summed E-state index contributed by atoms with van der Waals surface area (Å²) < 4.78 is 5.82. The number of rotatable bonds is 4. The number of thioether (sulfide) groups is 1. The van der Waals surface area contributed by atoms with E-state index in [1.165, 1.54) is 0 Å². The van der Waals surface area contributed by atoms with Gasteiger partial charge in [0, 0.05) is 17.3 Å². The zero-order valence-electron chi connectivity index (χ0n) is 12.4. The molecule has 0 bridgehead atoms. The summed E-state index contributed by atoms with van der Waals surface area (Å²) in [6.45, 7) is 2.00. The number of benzene rings is 2. The summed E-state index contributed by atoms with van der Waals surface area (Å²) in [6, 6.07) is 13.2. The number of aryl methyl sites for hydroxylation is 1. The first-order chi connectivity index (χ1) is 11.2. The van der Waals surface area contributed by atoms with Crippen LogP contribution in [0.15, 0.2) is 46.9 Å². The fraction of sp³-hybridized carbons (Fsp3) is 0.118. The van der Waals surface area contributed by atoms with Gasteiger partial charge in [0.25, 0.3) is 0 Å². The first-order valence-electron chi connectivity index (χ1n) is 6.94. The summed E-state index contributed by atoms with van der Waals surface area (Å²) in [5, 5.41) is 13.1. The Morgan fingerprint density at radius 2 is 2.17 bits per heavy atom. The van der Waals surface area contributed by atoms with Crippen molar-refractivity contribution in [1.29, 1.82) is 5.26 Å². The third-order valence-corrected chi connectivity index (χ3v) is 3.85. The van der Waals surface area contributed by atoms with Crippen molar-refractivity contribution in [3.05, 3.63) is 48.0 Å². The summed E-state index contributed by atoms with van der Waals surface area (Å²) in [6.07, 6.45) is 0. The fourth-order valence-electron chi connectivity index (χ4n) is 2.23. The predicted octanol–water partition coefficient (Wildman–Crippen LogP) is 3.96. The van der Waals surface area contributed by atoms with Crippen molar-refractivity contribution in [1.82, 2.24) is 4.98 Å². The summed E-state index contributed by atoms with van der Waals surface area (Å²) >= 11 is 0.900. The molecule has 1 aromatic heterocycles. The van der Waals surface area contributed by atoms with Gasteiger partial charge >= 0.3 is 0 Å². The molecule has 3 aromatic rings. The van der Waals surface area contributed by atoms with Crippen molar-refractivity contribution in [2.24, 2.45) is 0 Å². The number of anilines is 1. The van der Waals surface area contributed by atoms with Gasteiger partial charge in [-0.1, -0.05) is 18.2 Å². The lowest BCUT2D eigenvalue weighted by atomic mass is 10.1. The van der Waals surface area contributed by atoms with Crippen molar-refractivity contribution in [2.45, 2.75) is 6.92 Å². The number of nitriles is 1. The summed E-state index contributed by atoms with van der Waals surface area (Å²) in [5.74, 6) is 0.426. The second-order valence-corrected chi connectivity index (χ2v) is 5.70. The monoisotopic (exact) mass is 323 g/mol. The number of thiocyanates is 1.